The molecule has 13 rings (SSSR count). The molecule has 6 aromatic carbocycles. The first kappa shape index (κ1) is 84.5. The molecule has 4 aliphatic rings. The van der Waals surface area contributed by atoms with Crippen LogP contribution in [-0.2, 0) is 81.0 Å². The van der Waals surface area contributed by atoms with Crippen molar-refractivity contribution in [2.75, 3.05) is 13.1 Å². The average molecular weight is 1590 g/mol. The Bertz CT molecular complexity index is 4890. The Labute approximate surface area is 626 Å². The third-order valence-electron chi connectivity index (χ3n) is 17.0. The number of esters is 2. The lowest BCUT2D eigenvalue weighted by Gasteiger charge is -2.36. The highest BCUT2D eigenvalue weighted by molar-refractivity contribution is 7.71. The summed E-state index contributed by atoms with van der Waals surface area (Å²) in [5.41, 5.74) is 23.5. The van der Waals surface area contributed by atoms with E-state index in [-0.39, 0.29) is 67.9 Å². The predicted molar refractivity (Wildman–Crippen MR) is 389 cm³/mol. The summed E-state index contributed by atoms with van der Waals surface area (Å²) >= 11 is 0. The van der Waals surface area contributed by atoms with Crippen LogP contribution >= 0.6 is 30.4 Å². The largest absolute Gasteiger partial charge is 0.508 e. The Morgan fingerprint density at radius 2 is 0.955 bits per heavy atom. The number of phenols is 4. The number of carbonyl (C=O) groups is 4. The zero-order valence-corrected chi connectivity index (χ0v) is 60.9. The third-order valence-corrected chi connectivity index (χ3v) is 24.4. The van der Waals surface area contributed by atoms with Gasteiger partial charge in [-0.25, -0.2) is 23.4 Å². The van der Waals surface area contributed by atoms with Gasteiger partial charge in [-0.1, -0.05) is 60.6 Å². The summed E-state index contributed by atoms with van der Waals surface area (Å²) in [5.74, 6) is 0.435. The van der Waals surface area contributed by atoms with Gasteiger partial charge < -0.3 is 95.3 Å². The highest BCUT2D eigenvalue weighted by atomic mass is 31.2. The fourth-order valence-electron chi connectivity index (χ4n) is 12.0. The lowest BCUT2D eigenvalue weighted by molar-refractivity contribution is -0.701. The second kappa shape index (κ2) is 35.0. The number of aromatic nitrogens is 5. The number of pyridine rings is 2. The molecule has 9 aromatic rings. The van der Waals surface area contributed by atoms with Gasteiger partial charge in [-0.2, -0.15) is 0 Å². The molecule has 0 bridgehead atoms. The van der Waals surface area contributed by atoms with Gasteiger partial charge in [0.15, 0.2) is 59.9 Å². The van der Waals surface area contributed by atoms with Crippen LogP contribution in [0.2, 0.25) is 0 Å². The second-order valence-electron chi connectivity index (χ2n) is 24.6. The summed E-state index contributed by atoms with van der Waals surface area (Å²) in [6.07, 6.45) is 11.7. The molecular weight excluding hydrogens is 1520 g/mol. The Morgan fingerprint density at radius 1 is 0.582 bits per heavy atom. The summed E-state index contributed by atoms with van der Waals surface area (Å²) in [7, 11) is -19.9. The van der Waals surface area contributed by atoms with Crippen LogP contribution in [0.3, 0.4) is 0 Å². The minimum absolute atomic E-state index is 0. The van der Waals surface area contributed by atoms with Crippen molar-refractivity contribution in [3.8, 4) is 58.5 Å². The molecule has 3 aromatic heterocycles. The number of ether oxygens (including phenoxy) is 4. The maximum atomic E-state index is 12.5. The molecule has 110 heavy (non-hydrogen) atoms. The molecule has 0 fully saturated rings. The molecule has 0 radical (unpaired) electrons. The first-order chi connectivity index (χ1) is 51.4. The number of nitrogens with zero attached hydrogens (tertiary/aromatic N) is 8. The number of hydrogen-bond acceptors (Lipinski definition) is 21. The first-order valence-corrected chi connectivity index (χ1v) is 39.0. The SMILES string of the molecule is C.C#CNC(C)=O.CC(=O)NCc1cn(C(CN)C[n+]2ccc(CC(P(=O)(O)O)P(=O)(O)O)cc2)nn1.O=C1OC2(c3ccc(O)cc3Oc3cc(O)ccc32)c2ccccc21.O=C1OC2(c3ccc(O)cc3Oc3cc(O)ccc32)c2ccccc21.[N-]=[N+]=NC(CN)C[n+]1ccc(CC(P(=O)(O)O)P(=O)(O)O)cc1. The van der Waals surface area contributed by atoms with Crippen molar-refractivity contribution < 1.29 is 125 Å². The minimum Gasteiger partial charge on any atom is -0.508 e. The summed E-state index contributed by atoms with van der Waals surface area (Å²) in [6.45, 7) is 4.11. The molecular formula is C70H76N12O24P4+2. The van der Waals surface area contributed by atoms with Crippen LogP contribution < -0.4 is 40.7 Å². The van der Waals surface area contributed by atoms with Gasteiger partial charge >= 0.3 is 42.3 Å². The molecule has 36 nitrogen and oxygen atoms in total. The summed E-state index contributed by atoms with van der Waals surface area (Å²) in [6, 6.07) is 40.4. The van der Waals surface area contributed by atoms with E-state index in [9.17, 15) is 77.4 Å². The van der Waals surface area contributed by atoms with Crippen LogP contribution in [0.4, 0.5) is 0 Å². The quantitative estimate of drug-likeness (QED) is 0.00670. The molecule has 578 valence electrons. The van der Waals surface area contributed by atoms with Gasteiger partial charge in [0, 0.05) is 120 Å². The predicted octanol–water partition coefficient (Wildman–Crippen LogP) is 6.14. The molecule has 0 aliphatic carbocycles. The molecule has 2 spiro atoms. The second-order valence-corrected chi connectivity index (χ2v) is 32.6. The first-order valence-electron chi connectivity index (χ1n) is 32.3. The van der Waals surface area contributed by atoms with E-state index < -0.39 is 83.2 Å². The number of aromatic hydroxyl groups is 4. The number of carbonyl (C=O) groups excluding carboxylic acids is 4. The zero-order chi connectivity index (χ0) is 79.6. The van der Waals surface area contributed by atoms with Crippen LogP contribution in [0.25, 0.3) is 10.4 Å². The monoisotopic (exact) mass is 1590 g/mol. The molecule has 4 aliphatic heterocycles. The fraction of sp³-hybridized carbons (Fsp3) is 0.229. The van der Waals surface area contributed by atoms with E-state index in [0.717, 1.165) is 0 Å². The van der Waals surface area contributed by atoms with Crippen molar-refractivity contribution in [2.24, 2.45) is 16.6 Å². The maximum absolute atomic E-state index is 12.5. The number of hydrogen-bond donors (Lipinski definition) is 16. The summed E-state index contributed by atoms with van der Waals surface area (Å²) in [4.78, 5) is 122. The average Bonchev–Trinajstić information content (AvgIpc) is 1.49. The van der Waals surface area contributed by atoms with Gasteiger partial charge in [0.1, 0.15) is 63.8 Å². The number of fused-ring (bicyclic) bond motifs is 12. The molecule has 2 amide bonds. The molecule has 0 saturated heterocycles. The number of phenolic OH excluding ortho intramolecular Hbond substituents is 4. The third kappa shape index (κ3) is 19.6. The normalized spacial score (nSPS) is 14.0. The molecule has 2 unspecified atom stereocenters. The van der Waals surface area contributed by atoms with Crippen molar-refractivity contribution in [3.05, 3.63) is 248 Å². The Balaban J connectivity index is 0.000000180. The van der Waals surface area contributed by atoms with Crippen molar-refractivity contribution in [1.82, 2.24) is 25.6 Å². The number of azide groups is 1. The van der Waals surface area contributed by atoms with E-state index in [1.54, 1.807) is 93.3 Å². The van der Waals surface area contributed by atoms with Crippen LogP contribution in [0.15, 0.2) is 182 Å². The molecule has 2 atom stereocenters. The lowest BCUT2D eigenvalue weighted by atomic mass is 9.77. The number of nitrogens with two attached hydrogens (primary N) is 2. The molecule has 7 heterocycles. The van der Waals surface area contributed by atoms with Crippen LogP contribution in [0.1, 0.15) is 98.2 Å². The maximum Gasteiger partial charge on any atom is 0.341 e. The lowest BCUT2D eigenvalue weighted by Crippen LogP contribution is -2.41. The van der Waals surface area contributed by atoms with Crippen molar-refractivity contribution in [3.63, 3.8) is 0 Å². The fourth-order valence-corrected chi connectivity index (χ4v) is 16.9. The summed E-state index contributed by atoms with van der Waals surface area (Å²) < 4.78 is 73.8. The van der Waals surface area contributed by atoms with Gasteiger partial charge in [-0.15, -0.1) is 5.10 Å². The topological polar surface area (TPSA) is 580 Å². The van der Waals surface area contributed by atoms with Gasteiger partial charge in [0.25, 0.3) is 0 Å². The number of terminal acetylenes is 1. The van der Waals surface area contributed by atoms with E-state index in [0.29, 0.717) is 97.4 Å². The van der Waals surface area contributed by atoms with Crippen molar-refractivity contribution in [2.45, 2.75) is 87.8 Å². The van der Waals surface area contributed by atoms with E-state index in [2.05, 4.69) is 37.4 Å². The zero-order valence-electron chi connectivity index (χ0n) is 57.4. The van der Waals surface area contributed by atoms with Gasteiger partial charge in [0.05, 0.1) is 23.9 Å². The van der Waals surface area contributed by atoms with Crippen molar-refractivity contribution in [1.29, 1.82) is 0 Å². The summed E-state index contributed by atoms with van der Waals surface area (Å²) in [5, 5.41) is 51.4. The Kier molecular flexibility index (Phi) is 26.9. The van der Waals surface area contributed by atoms with Gasteiger partial charge in [-0.3, -0.25) is 33.2 Å². The molecule has 0 saturated carbocycles. The van der Waals surface area contributed by atoms with Crippen LogP contribution in [-0.4, -0.2) is 128 Å². The van der Waals surface area contributed by atoms with E-state index >= 15 is 0 Å². The van der Waals surface area contributed by atoms with E-state index in [4.69, 9.17) is 55.5 Å². The minimum atomic E-state index is -4.98. The Hall–Kier alpha value is -11.2. The molecule has 18 N–H and O–H groups in total. The van der Waals surface area contributed by atoms with Gasteiger partial charge in [-0.05, 0) is 90.2 Å². The van der Waals surface area contributed by atoms with E-state index in [1.807, 2.05) is 30.3 Å². The van der Waals surface area contributed by atoms with Crippen LogP contribution in [0, 0.1) is 12.5 Å². The van der Waals surface area contributed by atoms with Crippen LogP contribution in [0.5, 0.6) is 46.0 Å². The number of nitrogens with one attached hydrogen (secondary N) is 2. The number of rotatable bonds is 18. The van der Waals surface area contributed by atoms with Gasteiger partial charge in [0.2, 0.25) is 11.8 Å². The smallest absolute Gasteiger partial charge is 0.341 e. The number of benzene rings is 6. The highest BCUT2D eigenvalue weighted by Gasteiger charge is 2.55. The Morgan fingerprint density at radius 3 is 1.27 bits per heavy atom. The van der Waals surface area contributed by atoms with E-state index in [1.165, 1.54) is 86.6 Å². The number of amides is 2. The van der Waals surface area contributed by atoms with Crippen molar-refractivity contribution >= 4 is 54.1 Å². The molecule has 40 heteroatoms. The standard InChI is InChI=1S/2C20H12O5.C15H24N6O7P2.C10H17N5O6P2.C4H5NO.CH4/c2*21-11-5-7-15-17(9-11)24-18-10-12(22)6-8-16(18)20(15)14-4-2-1-3-13(14)19(23)25-20;1-11(22)17-8-13-9-21(19-18-13)14(7-16)10-20-4-2-12(3-5-20)6-15(29(23,24)25)30(26,27)28;11-6-9(13-14-12)7-15-3-1-8(2-4-15)5-10(22(16,17)18)23(19,20)21;1-3-5-4(2)6;/h2*1-10,21-22H;2-5,9,14-15H,6-8,10,16H2,1H3,(H4-,17,22,23,24,25,26,27,28);1-4,9-10H,5-7,11H2,(H3-,16,17,18,19,20,21);1H,2H3,(H,5,6);1H4/p+2. The highest BCUT2D eigenvalue weighted by Crippen LogP contribution is 2.63.